The molecule has 0 N–H and O–H groups in total. The van der Waals surface area contributed by atoms with Gasteiger partial charge in [0.1, 0.15) is 18.8 Å². The maximum absolute atomic E-state index is 11.2. The van der Waals surface area contributed by atoms with Crippen molar-refractivity contribution in [2.24, 2.45) is 0 Å². The lowest BCUT2D eigenvalue weighted by molar-refractivity contribution is -0.207. The van der Waals surface area contributed by atoms with Gasteiger partial charge in [0, 0.05) is 0 Å². The lowest BCUT2D eigenvalue weighted by Gasteiger charge is -2.22. The minimum absolute atomic E-state index is 0. The van der Waals surface area contributed by atoms with E-state index in [1.165, 1.54) is 6.92 Å². The van der Waals surface area contributed by atoms with Crippen molar-refractivity contribution >= 4 is 29.1 Å². The summed E-state index contributed by atoms with van der Waals surface area (Å²) in [7, 11) is 0. The van der Waals surface area contributed by atoms with E-state index in [2.05, 4.69) is 0 Å². The van der Waals surface area contributed by atoms with Gasteiger partial charge in [0.15, 0.2) is 23.7 Å². The van der Waals surface area contributed by atoms with Crippen molar-refractivity contribution in [3.8, 4) is 0 Å². The summed E-state index contributed by atoms with van der Waals surface area (Å²) >= 11 is 0. The average molecular weight is 276 g/mol. The summed E-state index contributed by atoms with van der Waals surface area (Å²) in [5.74, 6) is -0.775. The zero-order valence-electron chi connectivity index (χ0n) is 11.2. The summed E-state index contributed by atoms with van der Waals surface area (Å²) in [6, 6.07) is 0. The van der Waals surface area contributed by atoms with Gasteiger partial charge in [-0.1, -0.05) is 0 Å². The smallest absolute Gasteiger partial charge is 0.313 e. The van der Waals surface area contributed by atoms with E-state index in [1.54, 1.807) is 0 Å². The van der Waals surface area contributed by atoms with E-state index in [9.17, 15) is 9.59 Å². The van der Waals surface area contributed by atoms with Crippen LogP contribution in [0.3, 0.4) is 0 Å². The SMILES string of the molecule is CC(=O)CC(=O)OCC(OC(C)C)OC(C)C.[AlH3]. The highest BCUT2D eigenvalue weighted by atomic mass is 27.0. The van der Waals surface area contributed by atoms with Gasteiger partial charge in [-0.05, 0) is 34.6 Å². The molecule has 0 aliphatic rings. The first-order chi connectivity index (χ1) is 7.81. The summed E-state index contributed by atoms with van der Waals surface area (Å²) in [5, 5.41) is 0. The van der Waals surface area contributed by atoms with Crippen molar-refractivity contribution in [2.45, 2.75) is 59.5 Å². The van der Waals surface area contributed by atoms with Crippen LogP contribution in [0.25, 0.3) is 0 Å². The molecule has 0 heterocycles. The fourth-order valence-corrected chi connectivity index (χ4v) is 1.13. The van der Waals surface area contributed by atoms with Crippen molar-refractivity contribution < 1.29 is 23.8 Å². The van der Waals surface area contributed by atoms with Crippen LogP contribution in [0.2, 0.25) is 0 Å². The standard InChI is InChI=1S/C12H22O5.Al.3H/c1-8(2)16-12(17-9(3)4)7-15-11(14)6-10(5)13;;;;/h8-9,12H,6-7H2,1-5H3;;;;. The molecule has 0 aliphatic heterocycles. The van der Waals surface area contributed by atoms with E-state index >= 15 is 0 Å². The van der Waals surface area contributed by atoms with E-state index in [4.69, 9.17) is 14.2 Å². The van der Waals surface area contributed by atoms with Crippen molar-refractivity contribution in [3.05, 3.63) is 0 Å². The summed E-state index contributed by atoms with van der Waals surface area (Å²) in [6.45, 7) is 8.82. The Hall–Kier alpha value is -0.408. The van der Waals surface area contributed by atoms with Crippen LogP contribution in [0.4, 0.5) is 0 Å². The third kappa shape index (κ3) is 12.1. The molecule has 5 nitrogen and oxygen atoms in total. The van der Waals surface area contributed by atoms with Crippen LogP contribution in [0.5, 0.6) is 0 Å². The number of hydrogen-bond donors (Lipinski definition) is 0. The third-order valence-electron chi connectivity index (χ3n) is 1.62. The molecule has 0 atom stereocenters. The maximum Gasteiger partial charge on any atom is 0.313 e. The van der Waals surface area contributed by atoms with E-state index in [0.717, 1.165) is 0 Å². The molecule has 0 fully saturated rings. The van der Waals surface area contributed by atoms with Gasteiger partial charge in [-0.3, -0.25) is 9.59 Å². The van der Waals surface area contributed by atoms with Crippen LogP contribution < -0.4 is 0 Å². The molecule has 6 heteroatoms. The molecule has 106 valence electrons. The third-order valence-corrected chi connectivity index (χ3v) is 1.62. The van der Waals surface area contributed by atoms with Gasteiger partial charge in [-0.2, -0.15) is 0 Å². The number of rotatable bonds is 8. The molecule has 0 spiro atoms. The highest BCUT2D eigenvalue weighted by molar-refractivity contribution is 5.94. The molecule has 0 unspecified atom stereocenters. The molecule has 0 aromatic heterocycles. The maximum atomic E-state index is 11.2. The summed E-state index contributed by atoms with van der Waals surface area (Å²) in [6.07, 6.45) is -0.850. The first-order valence-corrected chi connectivity index (χ1v) is 5.77. The number of carbonyl (C=O) groups is 2. The Morgan fingerprint density at radius 3 is 1.78 bits per heavy atom. The van der Waals surface area contributed by atoms with Gasteiger partial charge >= 0.3 is 5.97 Å². The summed E-state index contributed by atoms with van der Waals surface area (Å²) < 4.78 is 15.8. The average Bonchev–Trinajstić information content (AvgIpc) is 2.11. The second kappa shape index (κ2) is 10.5. The van der Waals surface area contributed by atoms with Crippen molar-refractivity contribution in [3.63, 3.8) is 0 Å². The number of ether oxygens (including phenoxy) is 3. The van der Waals surface area contributed by atoms with Crippen LogP contribution in [0.15, 0.2) is 0 Å². The Morgan fingerprint density at radius 2 is 1.44 bits per heavy atom. The van der Waals surface area contributed by atoms with E-state index in [-0.39, 0.29) is 48.4 Å². The Balaban J connectivity index is 0. The Morgan fingerprint density at radius 1 is 1.00 bits per heavy atom. The predicted octanol–water partition coefficient (Wildman–Crippen LogP) is 0.501. The second-order valence-corrected chi connectivity index (χ2v) is 4.36. The van der Waals surface area contributed by atoms with Crippen LogP contribution in [-0.4, -0.2) is 54.2 Å². The fraction of sp³-hybridized carbons (Fsp3) is 0.833. The molecule has 0 radical (unpaired) electrons. The van der Waals surface area contributed by atoms with E-state index in [1.807, 2.05) is 27.7 Å². The van der Waals surface area contributed by atoms with Crippen LogP contribution in [0.1, 0.15) is 41.0 Å². The Kier molecular flexibility index (Phi) is 11.6. The molecular formula is C12H25AlO5. The Labute approximate surface area is 119 Å². The fourth-order valence-electron chi connectivity index (χ4n) is 1.13. The Bertz CT molecular complexity index is 243. The number of Topliss-reactive ketones (excluding diaryl/α,β-unsaturated/α-hetero) is 1. The molecule has 18 heavy (non-hydrogen) atoms. The van der Waals surface area contributed by atoms with Crippen molar-refractivity contribution in [2.75, 3.05) is 6.61 Å². The molecule has 0 saturated heterocycles. The first kappa shape index (κ1) is 19.9. The number of carbonyl (C=O) groups excluding carboxylic acids is 2. The minimum atomic E-state index is -0.592. The number of esters is 1. The largest absolute Gasteiger partial charge is 0.460 e. The lowest BCUT2D eigenvalue weighted by atomic mass is 10.3. The normalized spacial score (nSPS) is 10.7. The van der Waals surface area contributed by atoms with Gasteiger partial charge < -0.3 is 14.2 Å². The zero-order valence-corrected chi connectivity index (χ0v) is 11.2. The topological polar surface area (TPSA) is 61.8 Å². The second-order valence-electron chi connectivity index (χ2n) is 4.36. The van der Waals surface area contributed by atoms with Gasteiger partial charge in [-0.15, -0.1) is 0 Å². The first-order valence-electron chi connectivity index (χ1n) is 5.77. The molecular weight excluding hydrogens is 251 g/mol. The van der Waals surface area contributed by atoms with E-state index < -0.39 is 12.3 Å². The van der Waals surface area contributed by atoms with Gasteiger partial charge in [-0.25, -0.2) is 0 Å². The highest BCUT2D eigenvalue weighted by Gasteiger charge is 2.16. The highest BCUT2D eigenvalue weighted by Crippen LogP contribution is 2.05. The molecule has 0 bridgehead atoms. The molecule has 0 aromatic carbocycles. The van der Waals surface area contributed by atoms with E-state index in [0.29, 0.717) is 0 Å². The molecule has 0 aliphatic carbocycles. The van der Waals surface area contributed by atoms with Crippen LogP contribution in [0, 0.1) is 0 Å². The van der Waals surface area contributed by atoms with Gasteiger partial charge in [0.25, 0.3) is 0 Å². The molecule has 0 aromatic rings. The van der Waals surface area contributed by atoms with Crippen molar-refractivity contribution in [1.82, 2.24) is 0 Å². The van der Waals surface area contributed by atoms with Gasteiger partial charge in [0.2, 0.25) is 0 Å². The van der Waals surface area contributed by atoms with Crippen LogP contribution >= 0.6 is 0 Å². The summed E-state index contributed by atoms with van der Waals surface area (Å²) in [4.78, 5) is 21.9. The lowest BCUT2D eigenvalue weighted by Crippen LogP contribution is -2.30. The quantitative estimate of drug-likeness (QED) is 0.280. The van der Waals surface area contributed by atoms with Crippen LogP contribution in [-0.2, 0) is 23.8 Å². The minimum Gasteiger partial charge on any atom is -0.460 e. The molecule has 0 saturated carbocycles. The number of hydrogen-bond acceptors (Lipinski definition) is 5. The zero-order chi connectivity index (χ0) is 13.4. The van der Waals surface area contributed by atoms with Crippen molar-refractivity contribution in [1.29, 1.82) is 0 Å². The number of ketones is 1. The van der Waals surface area contributed by atoms with Gasteiger partial charge in [0.05, 0.1) is 12.2 Å². The molecule has 0 rings (SSSR count). The molecule has 0 amide bonds. The summed E-state index contributed by atoms with van der Waals surface area (Å²) in [5.41, 5.74) is 0. The monoisotopic (exact) mass is 276 g/mol. The predicted molar refractivity (Wildman–Crippen MR) is 72.4 cm³/mol.